The molecular weight excluding hydrogens is 260 g/mol. The molecule has 2 N–H and O–H groups in total. The summed E-state index contributed by atoms with van der Waals surface area (Å²) in [4.78, 5) is 2.43. The lowest BCUT2D eigenvalue weighted by Crippen LogP contribution is -2.24. The number of aryl methyl sites for hydroxylation is 2. The van der Waals surface area contributed by atoms with Crippen molar-refractivity contribution in [2.45, 2.75) is 47.0 Å². The first kappa shape index (κ1) is 15.7. The minimum absolute atomic E-state index is 0.597. The van der Waals surface area contributed by atoms with Gasteiger partial charge in [0.15, 0.2) is 0 Å². The number of nitrogens with zero attached hydrogens (tertiary/aromatic N) is 3. The summed E-state index contributed by atoms with van der Waals surface area (Å²) in [5, 5.41) is 4.53. The zero-order valence-corrected chi connectivity index (χ0v) is 13.3. The molecule has 0 amide bonds. The lowest BCUT2D eigenvalue weighted by atomic mass is 10.1. The Kier molecular flexibility index (Phi) is 5.53. The van der Waals surface area contributed by atoms with Crippen LogP contribution in [0.2, 0.25) is 0 Å². The van der Waals surface area contributed by atoms with E-state index in [1.807, 2.05) is 0 Å². The number of benzene rings is 1. The third kappa shape index (κ3) is 3.93. The first-order valence-corrected chi connectivity index (χ1v) is 7.70. The minimum Gasteiger partial charge on any atom is -0.326 e. The highest BCUT2D eigenvalue weighted by Gasteiger charge is 2.11. The molecule has 4 nitrogen and oxygen atoms in total. The van der Waals surface area contributed by atoms with Gasteiger partial charge in [-0.25, -0.2) is 0 Å². The van der Waals surface area contributed by atoms with Crippen molar-refractivity contribution in [3.8, 4) is 0 Å². The van der Waals surface area contributed by atoms with E-state index >= 15 is 0 Å². The predicted molar refractivity (Wildman–Crippen MR) is 86.8 cm³/mol. The van der Waals surface area contributed by atoms with Crippen LogP contribution in [-0.2, 0) is 26.2 Å². The molecule has 0 aliphatic heterocycles. The van der Waals surface area contributed by atoms with E-state index in [1.54, 1.807) is 0 Å². The van der Waals surface area contributed by atoms with Gasteiger partial charge in [0.2, 0.25) is 0 Å². The molecule has 4 heteroatoms. The van der Waals surface area contributed by atoms with Gasteiger partial charge in [-0.3, -0.25) is 9.58 Å². The summed E-state index contributed by atoms with van der Waals surface area (Å²) in [6.45, 7) is 10.8. The standard InChI is InChI=1S/C17H26N4/c1-4-20(12-16-9-7-6-8-15(16)11-18)13-17-10-14(3)19-21(17)5-2/h6-10H,4-5,11-13,18H2,1-3H3. The van der Waals surface area contributed by atoms with Crippen molar-refractivity contribution >= 4 is 0 Å². The Morgan fingerprint density at radius 3 is 2.48 bits per heavy atom. The van der Waals surface area contributed by atoms with Crippen LogP contribution >= 0.6 is 0 Å². The predicted octanol–water partition coefficient (Wildman–Crippen LogP) is 2.69. The van der Waals surface area contributed by atoms with E-state index in [0.29, 0.717) is 6.54 Å². The second-order valence-electron chi connectivity index (χ2n) is 5.37. The Balaban J connectivity index is 2.13. The smallest absolute Gasteiger partial charge is 0.0597 e. The molecule has 21 heavy (non-hydrogen) atoms. The van der Waals surface area contributed by atoms with Gasteiger partial charge in [-0.1, -0.05) is 31.2 Å². The van der Waals surface area contributed by atoms with E-state index < -0.39 is 0 Å². The molecule has 0 atom stereocenters. The number of hydrogen-bond acceptors (Lipinski definition) is 3. The van der Waals surface area contributed by atoms with Crippen LogP contribution in [0.3, 0.4) is 0 Å². The Hall–Kier alpha value is -1.65. The van der Waals surface area contributed by atoms with E-state index in [9.17, 15) is 0 Å². The van der Waals surface area contributed by atoms with Gasteiger partial charge in [0.1, 0.15) is 0 Å². The van der Waals surface area contributed by atoms with Crippen LogP contribution in [-0.4, -0.2) is 21.2 Å². The fraction of sp³-hybridized carbons (Fsp3) is 0.471. The molecule has 0 fully saturated rings. The first-order chi connectivity index (χ1) is 10.2. The molecule has 0 saturated carbocycles. The average molecular weight is 286 g/mol. The summed E-state index contributed by atoms with van der Waals surface area (Å²) >= 11 is 0. The van der Waals surface area contributed by atoms with E-state index in [-0.39, 0.29) is 0 Å². The normalized spacial score (nSPS) is 11.3. The maximum absolute atomic E-state index is 5.84. The molecule has 1 aromatic heterocycles. The van der Waals surface area contributed by atoms with E-state index in [1.165, 1.54) is 16.8 Å². The molecule has 0 radical (unpaired) electrons. The Bertz CT molecular complexity index is 574. The van der Waals surface area contributed by atoms with Gasteiger partial charge in [-0.05, 0) is 37.6 Å². The topological polar surface area (TPSA) is 47.1 Å². The van der Waals surface area contributed by atoms with Crippen LogP contribution in [0.5, 0.6) is 0 Å². The molecule has 0 aliphatic carbocycles. The van der Waals surface area contributed by atoms with Gasteiger partial charge < -0.3 is 5.73 Å². The quantitative estimate of drug-likeness (QED) is 0.851. The van der Waals surface area contributed by atoms with E-state index in [0.717, 1.165) is 31.9 Å². The van der Waals surface area contributed by atoms with Gasteiger partial charge in [0.25, 0.3) is 0 Å². The van der Waals surface area contributed by atoms with Crippen molar-refractivity contribution < 1.29 is 0 Å². The summed E-state index contributed by atoms with van der Waals surface area (Å²) < 4.78 is 2.09. The third-order valence-electron chi connectivity index (χ3n) is 3.85. The molecular formula is C17H26N4. The summed E-state index contributed by atoms with van der Waals surface area (Å²) in [6.07, 6.45) is 0. The second-order valence-corrected chi connectivity index (χ2v) is 5.37. The van der Waals surface area contributed by atoms with Crippen LogP contribution in [0.4, 0.5) is 0 Å². The lowest BCUT2D eigenvalue weighted by molar-refractivity contribution is 0.262. The number of nitrogens with two attached hydrogens (primary N) is 1. The molecule has 0 spiro atoms. The van der Waals surface area contributed by atoms with Crippen LogP contribution in [0.15, 0.2) is 30.3 Å². The van der Waals surface area contributed by atoms with E-state index in [4.69, 9.17) is 5.73 Å². The highest BCUT2D eigenvalue weighted by Crippen LogP contribution is 2.14. The van der Waals surface area contributed by atoms with Gasteiger partial charge in [-0.2, -0.15) is 5.10 Å². The fourth-order valence-electron chi connectivity index (χ4n) is 2.66. The van der Waals surface area contributed by atoms with Crippen molar-refractivity contribution in [1.29, 1.82) is 0 Å². The van der Waals surface area contributed by atoms with Crippen molar-refractivity contribution in [2.24, 2.45) is 5.73 Å². The number of rotatable bonds is 7. The van der Waals surface area contributed by atoms with Gasteiger partial charge in [0.05, 0.1) is 11.4 Å². The van der Waals surface area contributed by atoms with E-state index in [2.05, 4.69) is 65.8 Å². The Morgan fingerprint density at radius 1 is 1.14 bits per heavy atom. The van der Waals surface area contributed by atoms with Crippen LogP contribution in [0.1, 0.15) is 36.4 Å². The van der Waals surface area contributed by atoms with Crippen LogP contribution in [0, 0.1) is 6.92 Å². The van der Waals surface area contributed by atoms with Gasteiger partial charge >= 0.3 is 0 Å². The Labute approximate surface area is 127 Å². The molecule has 114 valence electrons. The summed E-state index contributed by atoms with van der Waals surface area (Å²) in [5.41, 5.74) is 10.8. The highest BCUT2D eigenvalue weighted by molar-refractivity contribution is 5.26. The van der Waals surface area contributed by atoms with Crippen molar-refractivity contribution in [1.82, 2.24) is 14.7 Å². The molecule has 2 rings (SSSR count). The summed E-state index contributed by atoms with van der Waals surface area (Å²) in [7, 11) is 0. The molecule has 0 bridgehead atoms. The summed E-state index contributed by atoms with van der Waals surface area (Å²) in [5.74, 6) is 0. The lowest BCUT2D eigenvalue weighted by Gasteiger charge is -2.22. The third-order valence-corrected chi connectivity index (χ3v) is 3.85. The molecule has 1 aromatic carbocycles. The maximum Gasteiger partial charge on any atom is 0.0597 e. The van der Waals surface area contributed by atoms with Gasteiger partial charge in [-0.15, -0.1) is 0 Å². The maximum atomic E-state index is 5.84. The fourth-order valence-corrected chi connectivity index (χ4v) is 2.66. The Morgan fingerprint density at radius 2 is 1.86 bits per heavy atom. The van der Waals surface area contributed by atoms with Gasteiger partial charge in [0, 0.05) is 26.2 Å². The number of aromatic nitrogens is 2. The SMILES string of the molecule is CCN(Cc1ccccc1CN)Cc1cc(C)nn1CC. The minimum atomic E-state index is 0.597. The molecule has 0 saturated heterocycles. The monoisotopic (exact) mass is 286 g/mol. The zero-order chi connectivity index (χ0) is 15.2. The van der Waals surface area contributed by atoms with Crippen LogP contribution in [0.25, 0.3) is 0 Å². The molecule has 0 aliphatic rings. The summed E-state index contributed by atoms with van der Waals surface area (Å²) in [6, 6.07) is 10.6. The molecule has 0 unspecified atom stereocenters. The van der Waals surface area contributed by atoms with Crippen LogP contribution < -0.4 is 5.73 Å². The largest absolute Gasteiger partial charge is 0.326 e. The molecule has 1 heterocycles. The number of hydrogen-bond donors (Lipinski definition) is 1. The first-order valence-electron chi connectivity index (χ1n) is 7.70. The average Bonchev–Trinajstić information content (AvgIpc) is 2.86. The van der Waals surface area contributed by atoms with Crippen molar-refractivity contribution in [3.63, 3.8) is 0 Å². The highest BCUT2D eigenvalue weighted by atomic mass is 15.3. The van der Waals surface area contributed by atoms with Crippen molar-refractivity contribution in [2.75, 3.05) is 6.54 Å². The molecule has 2 aromatic rings. The van der Waals surface area contributed by atoms with Crippen molar-refractivity contribution in [3.05, 3.63) is 52.8 Å². The zero-order valence-electron chi connectivity index (χ0n) is 13.3. The second kappa shape index (κ2) is 7.38.